The van der Waals surface area contributed by atoms with E-state index in [2.05, 4.69) is 103 Å². The van der Waals surface area contributed by atoms with Crippen LogP contribution in [-0.2, 0) is 16.6 Å². The lowest BCUT2D eigenvalue weighted by molar-refractivity contribution is -0.124. The molecule has 0 bridgehead atoms. The molecule has 2 aromatic carbocycles. The van der Waals surface area contributed by atoms with Gasteiger partial charge >= 0.3 is 0 Å². The van der Waals surface area contributed by atoms with Crippen molar-refractivity contribution in [2.45, 2.75) is 44.7 Å². The Morgan fingerprint density at radius 2 is 1.84 bits per heavy atom. The van der Waals surface area contributed by atoms with Crippen molar-refractivity contribution in [2.24, 2.45) is 0 Å². The molecular formula is C27H33N3O. The molecule has 162 valence electrons. The number of carbonyl (C=O) groups is 1. The molecule has 1 unspecified atom stereocenters. The van der Waals surface area contributed by atoms with Gasteiger partial charge in [0.05, 0.1) is 0 Å². The zero-order valence-electron chi connectivity index (χ0n) is 19.3. The van der Waals surface area contributed by atoms with Gasteiger partial charge in [0.25, 0.3) is 0 Å². The highest BCUT2D eigenvalue weighted by Gasteiger charge is 2.57. The smallest absolute Gasteiger partial charge is 0.223 e. The molecule has 4 heteroatoms. The van der Waals surface area contributed by atoms with Crippen molar-refractivity contribution in [1.82, 2.24) is 5.32 Å². The summed E-state index contributed by atoms with van der Waals surface area (Å²) in [4.78, 5) is 17.0. The van der Waals surface area contributed by atoms with Crippen molar-refractivity contribution >= 4 is 23.4 Å². The Bertz CT molecular complexity index is 1030. The lowest BCUT2D eigenvalue weighted by atomic mass is 9.74. The molecule has 1 fully saturated rings. The number of nitrogens with zero attached hydrogens (tertiary/aromatic N) is 2. The topological polar surface area (TPSA) is 35.6 Å². The summed E-state index contributed by atoms with van der Waals surface area (Å²) in [5.74, 6) is 0.112. The first-order valence-electron chi connectivity index (χ1n) is 11.1. The Hall–Kier alpha value is -3.01. The third-order valence-corrected chi connectivity index (χ3v) is 6.85. The number of fused-ring (bicyclic) bond motifs is 3. The molecule has 1 saturated heterocycles. The summed E-state index contributed by atoms with van der Waals surface area (Å²) in [7, 11) is 4.09. The van der Waals surface area contributed by atoms with Crippen LogP contribution in [0.15, 0.2) is 60.7 Å². The minimum Gasteiger partial charge on any atom is -0.378 e. The summed E-state index contributed by atoms with van der Waals surface area (Å²) in [5, 5.41) is 3.35. The molecule has 2 heterocycles. The molecule has 2 aliphatic heterocycles. The summed E-state index contributed by atoms with van der Waals surface area (Å²) in [6, 6.07) is 15.2. The van der Waals surface area contributed by atoms with Gasteiger partial charge in [-0.3, -0.25) is 4.79 Å². The predicted octanol–water partition coefficient (Wildman–Crippen LogP) is 4.90. The highest BCUT2D eigenvalue weighted by atomic mass is 16.2. The molecule has 4 rings (SSSR count). The molecule has 1 amide bonds. The number of carbonyl (C=O) groups excluding carboxylic acids is 1. The number of hydrogen-bond donors (Lipinski definition) is 1. The van der Waals surface area contributed by atoms with Crippen LogP contribution in [0.5, 0.6) is 0 Å². The van der Waals surface area contributed by atoms with Gasteiger partial charge in [-0.15, -0.1) is 0 Å². The van der Waals surface area contributed by atoms with Crippen LogP contribution in [0.2, 0.25) is 0 Å². The van der Waals surface area contributed by atoms with Crippen LogP contribution < -0.4 is 15.1 Å². The van der Waals surface area contributed by atoms with Crippen molar-refractivity contribution in [3.63, 3.8) is 0 Å². The standard InChI is InChI=1S/C27H33N3O/c1-6-20-12-15-24-23(19-20)26(2,3)27(28-25(31)16-18-30(24)27)17-8-7-9-21-10-13-22(14-11-21)29(4)5/h7-15,17,19H,6,16,18H2,1-5H3,(H,28,31)/b9-7+,17-8+. The van der Waals surface area contributed by atoms with E-state index < -0.39 is 5.66 Å². The van der Waals surface area contributed by atoms with Gasteiger partial charge in [0.1, 0.15) is 5.66 Å². The van der Waals surface area contributed by atoms with Crippen LogP contribution in [0.3, 0.4) is 0 Å². The van der Waals surface area contributed by atoms with E-state index in [-0.39, 0.29) is 11.3 Å². The summed E-state index contributed by atoms with van der Waals surface area (Å²) >= 11 is 0. The monoisotopic (exact) mass is 415 g/mol. The van der Waals surface area contributed by atoms with Gasteiger partial charge in [-0.2, -0.15) is 0 Å². The Morgan fingerprint density at radius 3 is 2.52 bits per heavy atom. The first-order valence-corrected chi connectivity index (χ1v) is 11.1. The molecule has 4 nitrogen and oxygen atoms in total. The van der Waals surface area contributed by atoms with Gasteiger partial charge in [-0.25, -0.2) is 0 Å². The van der Waals surface area contributed by atoms with Gasteiger partial charge < -0.3 is 15.1 Å². The van der Waals surface area contributed by atoms with Gasteiger partial charge in [-0.05, 0) is 47.4 Å². The Morgan fingerprint density at radius 1 is 1.10 bits per heavy atom. The van der Waals surface area contributed by atoms with Crippen LogP contribution in [0.4, 0.5) is 11.4 Å². The first-order chi connectivity index (χ1) is 14.8. The molecule has 31 heavy (non-hydrogen) atoms. The molecular weight excluding hydrogens is 382 g/mol. The third-order valence-electron chi connectivity index (χ3n) is 6.85. The molecule has 2 aromatic rings. The Kier molecular flexibility index (Phi) is 5.42. The van der Waals surface area contributed by atoms with Gasteiger partial charge in [-0.1, -0.05) is 63.3 Å². The molecule has 0 saturated carbocycles. The highest BCUT2D eigenvalue weighted by molar-refractivity contribution is 5.84. The van der Waals surface area contributed by atoms with E-state index in [1.807, 2.05) is 14.1 Å². The maximum absolute atomic E-state index is 12.5. The fourth-order valence-electron chi connectivity index (χ4n) is 4.87. The van der Waals surface area contributed by atoms with E-state index in [0.717, 1.165) is 18.5 Å². The summed E-state index contributed by atoms with van der Waals surface area (Å²) < 4.78 is 0. The second-order valence-electron chi connectivity index (χ2n) is 9.25. The van der Waals surface area contributed by atoms with E-state index in [0.29, 0.717) is 6.42 Å². The zero-order chi connectivity index (χ0) is 22.2. The molecule has 0 aliphatic carbocycles. The van der Waals surface area contributed by atoms with Gasteiger partial charge in [0.15, 0.2) is 0 Å². The Balaban J connectivity index is 1.66. The quantitative estimate of drug-likeness (QED) is 0.706. The minimum absolute atomic E-state index is 0.112. The average Bonchev–Trinajstić information content (AvgIpc) is 2.94. The molecule has 0 aromatic heterocycles. The van der Waals surface area contributed by atoms with Crippen LogP contribution in [0, 0.1) is 0 Å². The van der Waals surface area contributed by atoms with E-state index in [1.165, 1.54) is 22.5 Å². The second kappa shape index (κ2) is 7.92. The van der Waals surface area contributed by atoms with Crippen molar-refractivity contribution in [3.8, 4) is 0 Å². The maximum Gasteiger partial charge on any atom is 0.223 e. The average molecular weight is 416 g/mol. The van der Waals surface area contributed by atoms with Crippen molar-refractivity contribution in [2.75, 3.05) is 30.4 Å². The summed E-state index contributed by atoms with van der Waals surface area (Å²) in [5.41, 5.74) is 5.40. The number of hydrogen-bond acceptors (Lipinski definition) is 3. The molecule has 2 aliphatic rings. The lowest BCUT2D eigenvalue weighted by Gasteiger charge is -2.49. The first kappa shape index (κ1) is 21.2. The SMILES string of the molecule is CCc1ccc2c(c1)C(C)(C)C1(/C=C/C=C/c3ccc(N(C)C)cc3)NC(=O)CCN21. The number of aryl methyl sites for hydroxylation is 1. The maximum atomic E-state index is 12.5. The van der Waals surface area contributed by atoms with Crippen LogP contribution in [-0.4, -0.2) is 32.2 Å². The largest absolute Gasteiger partial charge is 0.378 e. The fraction of sp³-hybridized carbons (Fsp3) is 0.370. The van der Waals surface area contributed by atoms with E-state index in [1.54, 1.807) is 0 Å². The van der Waals surface area contributed by atoms with Crippen molar-refractivity contribution in [1.29, 1.82) is 0 Å². The lowest BCUT2D eigenvalue weighted by Crippen LogP contribution is -2.68. The van der Waals surface area contributed by atoms with E-state index in [4.69, 9.17) is 0 Å². The number of nitrogens with one attached hydrogen (secondary N) is 1. The molecule has 1 N–H and O–H groups in total. The van der Waals surface area contributed by atoms with Crippen LogP contribution >= 0.6 is 0 Å². The highest BCUT2D eigenvalue weighted by Crippen LogP contribution is 2.52. The van der Waals surface area contributed by atoms with Crippen LogP contribution in [0.1, 0.15) is 43.9 Å². The number of benzene rings is 2. The zero-order valence-corrected chi connectivity index (χ0v) is 19.3. The number of allylic oxidation sites excluding steroid dienone is 2. The van der Waals surface area contributed by atoms with E-state index >= 15 is 0 Å². The Labute approximate surface area is 186 Å². The summed E-state index contributed by atoms with van der Waals surface area (Å²) in [6.45, 7) is 7.40. The van der Waals surface area contributed by atoms with Crippen molar-refractivity contribution in [3.05, 3.63) is 77.4 Å². The normalized spacial score (nSPS) is 22.0. The molecule has 0 radical (unpaired) electrons. The number of anilines is 2. The summed E-state index contributed by atoms with van der Waals surface area (Å²) in [6.07, 6.45) is 9.94. The molecule has 1 atom stereocenters. The minimum atomic E-state index is -0.559. The van der Waals surface area contributed by atoms with Gasteiger partial charge in [0, 0.05) is 43.9 Å². The van der Waals surface area contributed by atoms with E-state index in [9.17, 15) is 4.79 Å². The fourth-order valence-corrected chi connectivity index (χ4v) is 4.87. The number of amides is 1. The second-order valence-corrected chi connectivity index (χ2v) is 9.25. The van der Waals surface area contributed by atoms with Crippen LogP contribution in [0.25, 0.3) is 6.08 Å². The van der Waals surface area contributed by atoms with Crippen molar-refractivity contribution < 1.29 is 4.79 Å². The molecule has 0 spiro atoms. The predicted molar refractivity (Wildman–Crippen MR) is 131 cm³/mol. The number of rotatable bonds is 5. The third kappa shape index (κ3) is 3.54. The van der Waals surface area contributed by atoms with Gasteiger partial charge in [0.2, 0.25) is 5.91 Å².